The average molecular weight is 408 g/mol. The van der Waals surface area contributed by atoms with Crippen molar-refractivity contribution in [1.29, 1.82) is 5.41 Å². The van der Waals surface area contributed by atoms with Crippen LogP contribution < -0.4 is 16.0 Å². The zero-order valence-corrected chi connectivity index (χ0v) is 17.3. The zero-order chi connectivity index (χ0) is 21.4. The van der Waals surface area contributed by atoms with E-state index in [0.717, 1.165) is 24.0 Å². The molecule has 0 atom stereocenters. The summed E-state index contributed by atoms with van der Waals surface area (Å²) < 4.78 is 0. The van der Waals surface area contributed by atoms with Crippen LogP contribution in [0.3, 0.4) is 0 Å². The maximum absolute atomic E-state index is 13.6. The minimum absolute atomic E-state index is 0.0695. The Bertz CT molecular complexity index is 830. The van der Waals surface area contributed by atoms with Crippen LogP contribution in [0.2, 0.25) is 0 Å². The van der Waals surface area contributed by atoms with E-state index in [9.17, 15) is 9.59 Å². The highest BCUT2D eigenvalue weighted by Crippen LogP contribution is 2.35. The van der Waals surface area contributed by atoms with Gasteiger partial charge in [0.15, 0.2) is 11.5 Å². The first kappa shape index (κ1) is 21.4. The number of hydrogen-bond acceptors (Lipinski definition) is 3. The highest BCUT2D eigenvalue weighted by Gasteiger charge is 2.51. The summed E-state index contributed by atoms with van der Waals surface area (Å²) in [6, 6.07) is 18.8. The van der Waals surface area contributed by atoms with Crippen molar-refractivity contribution in [3.05, 3.63) is 71.8 Å². The molecule has 1 heterocycles. The van der Waals surface area contributed by atoms with Crippen molar-refractivity contribution in [2.45, 2.75) is 31.7 Å². The van der Waals surface area contributed by atoms with Gasteiger partial charge in [-0.25, -0.2) is 4.79 Å². The minimum Gasteiger partial charge on any atom is -0.338 e. The van der Waals surface area contributed by atoms with Crippen molar-refractivity contribution < 1.29 is 9.59 Å². The summed E-state index contributed by atoms with van der Waals surface area (Å²) in [5.41, 5.74) is 0.466. The van der Waals surface area contributed by atoms with Gasteiger partial charge in [0.05, 0.1) is 0 Å². The predicted molar refractivity (Wildman–Crippen MR) is 117 cm³/mol. The number of carbonyl (C=O) groups is 2. The van der Waals surface area contributed by atoms with E-state index in [1.807, 2.05) is 60.7 Å². The van der Waals surface area contributed by atoms with Gasteiger partial charge >= 0.3 is 6.03 Å². The number of amides is 3. The molecular weight excluding hydrogens is 378 g/mol. The third kappa shape index (κ3) is 4.45. The quantitative estimate of drug-likeness (QED) is 0.481. The molecule has 158 valence electrons. The standard InChI is InChI=1S/C23H29N5O2/c1-2-3-15-25-22(30)26-16-10-17-28-20(29)23(27-21(28)24,18-11-6-4-7-12-18)19-13-8-5-9-14-19/h4-9,11-14H,2-3,10,15-17H2,1H3,(H2,24,27)(H2,25,26,30). The molecule has 1 aliphatic rings. The first-order chi connectivity index (χ1) is 14.6. The summed E-state index contributed by atoms with van der Waals surface area (Å²) in [5.74, 6) is -0.114. The molecular formula is C23H29N5O2. The van der Waals surface area contributed by atoms with Crippen LogP contribution in [-0.2, 0) is 10.3 Å². The molecule has 0 aromatic heterocycles. The summed E-state index contributed by atoms with van der Waals surface area (Å²) in [6.45, 7) is 3.50. The molecule has 3 rings (SSSR count). The maximum Gasteiger partial charge on any atom is 0.314 e. The van der Waals surface area contributed by atoms with E-state index in [4.69, 9.17) is 5.41 Å². The average Bonchev–Trinajstić information content (AvgIpc) is 3.03. The molecule has 7 nitrogen and oxygen atoms in total. The molecule has 4 N–H and O–H groups in total. The fourth-order valence-electron chi connectivity index (χ4n) is 3.63. The second kappa shape index (κ2) is 9.91. The van der Waals surface area contributed by atoms with E-state index in [0.29, 0.717) is 26.1 Å². The Morgan fingerprint density at radius 1 is 0.967 bits per heavy atom. The molecule has 30 heavy (non-hydrogen) atoms. The molecule has 1 saturated heterocycles. The monoisotopic (exact) mass is 407 g/mol. The molecule has 2 aromatic rings. The van der Waals surface area contributed by atoms with Gasteiger partial charge in [-0.2, -0.15) is 0 Å². The topological polar surface area (TPSA) is 97.3 Å². The lowest BCUT2D eigenvalue weighted by Crippen LogP contribution is -2.45. The molecule has 1 fully saturated rings. The van der Waals surface area contributed by atoms with Gasteiger partial charge in [-0.15, -0.1) is 0 Å². The van der Waals surface area contributed by atoms with Gasteiger partial charge in [0.25, 0.3) is 5.91 Å². The van der Waals surface area contributed by atoms with Gasteiger partial charge in [-0.3, -0.25) is 15.1 Å². The molecule has 1 aliphatic heterocycles. The SMILES string of the molecule is CCCCNC(=O)NCCCN1C(=N)NC(c2ccccc2)(c2ccccc2)C1=O. The van der Waals surface area contributed by atoms with Gasteiger partial charge in [0.1, 0.15) is 0 Å². The normalized spacial score (nSPS) is 15.0. The number of benzene rings is 2. The molecule has 0 spiro atoms. The molecule has 3 amide bonds. The number of urea groups is 1. The lowest BCUT2D eigenvalue weighted by atomic mass is 9.82. The van der Waals surface area contributed by atoms with Crippen LogP contribution in [0.25, 0.3) is 0 Å². The molecule has 0 aliphatic carbocycles. The Hall–Kier alpha value is -3.35. The lowest BCUT2D eigenvalue weighted by Gasteiger charge is -2.28. The Balaban J connectivity index is 1.69. The molecule has 0 unspecified atom stereocenters. The Morgan fingerprint density at radius 3 is 2.03 bits per heavy atom. The van der Waals surface area contributed by atoms with Gasteiger partial charge < -0.3 is 16.0 Å². The van der Waals surface area contributed by atoms with Gasteiger partial charge in [-0.05, 0) is 24.0 Å². The Morgan fingerprint density at radius 2 is 1.50 bits per heavy atom. The van der Waals surface area contributed by atoms with Crippen molar-refractivity contribution >= 4 is 17.9 Å². The van der Waals surface area contributed by atoms with E-state index in [-0.39, 0.29) is 17.9 Å². The van der Waals surface area contributed by atoms with Crippen molar-refractivity contribution in [3.8, 4) is 0 Å². The Kier molecular flexibility index (Phi) is 7.06. The predicted octanol–water partition coefficient (Wildman–Crippen LogP) is 2.79. The van der Waals surface area contributed by atoms with E-state index in [1.54, 1.807) is 0 Å². The zero-order valence-electron chi connectivity index (χ0n) is 17.3. The summed E-state index contributed by atoms with van der Waals surface area (Å²) in [4.78, 5) is 26.8. The van der Waals surface area contributed by atoms with Crippen LogP contribution in [0, 0.1) is 5.41 Å². The number of carbonyl (C=O) groups excluding carboxylic acids is 2. The summed E-state index contributed by atoms with van der Waals surface area (Å²) in [6.07, 6.45) is 2.52. The molecule has 0 radical (unpaired) electrons. The number of hydrogen-bond donors (Lipinski definition) is 4. The number of unbranched alkanes of at least 4 members (excludes halogenated alkanes) is 1. The van der Waals surface area contributed by atoms with E-state index in [2.05, 4.69) is 22.9 Å². The van der Waals surface area contributed by atoms with E-state index in [1.165, 1.54) is 4.90 Å². The van der Waals surface area contributed by atoms with Crippen LogP contribution in [-0.4, -0.2) is 42.4 Å². The van der Waals surface area contributed by atoms with E-state index >= 15 is 0 Å². The highest BCUT2D eigenvalue weighted by molar-refractivity contribution is 6.10. The summed E-state index contributed by atoms with van der Waals surface area (Å²) >= 11 is 0. The number of guanidine groups is 1. The van der Waals surface area contributed by atoms with Crippen LogP contribution >= 0.6 is 0 Å². The summed E-state index contributed by atoms with van der Waals surface area (Å²) in [5, 5.41) is 17.2. The Labute approximate surface area is 177 Å². The van der Waals surface area contributed by atoms with Gasteiger partial charge in [0, 0.05) is 19.6 Å². The molecule has 0 saturated carbocycles. The second-order valence-corrected chi connectivity index (χ2v) is 7.30. The first-order valence-corrected chi connectivity index (χ1v) is 10.4. The molecule has 2 aromatic carbocycles. The second-order valence-electron chi connectivity index (χ2n) is 7.30. The van der Waals surface area contributed by atoms with Crippen molar-refractivity contribution in [2.24, 2.45) is 0 Å². The van der Waals surface area contributed by atoms with Gasteiger partial charge in [-0.1, -0.05) is 74.0 Å². The highest BCUT2D eigenvalue weighted by atomic mass is 16.2. The fraction of sp³-hybridized carbons (Fsp3) is 0.348. The maximum atomic E-state index is 13.6. The van der Waals surface area contributed by atoms with Crippen molar-refractivity contribution in [1.82, 2.24) is 20.9 Å². The third-order valence-corrected chi connectivity index (χ3v) is 5.22. The van der Waals surface area contributed by atoms with Crippen LogP contribution in [0.5, 0.6) is 0 Å². The van der Waals surface area contributed by atoms with Crippen LogP contribution in [0.4, 0.5) is 4.79 Å². The first-order valence-electron chi connectivity index (χ1n) is 10.4. The van der Waals surface area contributed by atoms with Crippen LogP contribution in [0.1, 0.15) is 37.3 Å². The number of rotatable bonds is 9. The smallest absolute Gasteiger partial charge is 0.314 e. The van der Waals surface area contributed by atoms with E-state index < -0.39 is 5.54 Å². The number of nitrogens with zero attached hydrogens (tertiary/aromatic N) is 1. The minimum atomic E-state index is -1.12. The largest absolute Gasteiger partial charge is 0.338 e. The number of nitrogens with one attached hydrogen (secondary N) is 4. The lowest BCUT2D eigenvalue weighted by molar-refractivity contribution is -0.130. The third-order valence-electron chi connectivity index (χ3n) is 5.22. The van der Waals surface area contributed by atoms with Crippen molar-refractivity contribution in [3.63, 3.8) is 0 Å². The molecule has 7 heteroatoms. The van der Waals surface area contributed by atoms with Crippen molar-refractivity contribution in [2.75, 3.05) is 19.6 Å². The summed E-state index contributed by atoms with van der Waals surface area (Å²) in [7, 11) is 0. The van der Waals surface area contributed by atoms with Gasteiger partial charge in [0.2, 0.25) is 0 Å². The van der Waals surface area contributed by atoms with Crippen LogP contribution in [0.15, 0.2) is 60.7 Å². The fourth-order valence-corrected chi connectivity index (χ4v) is 3.63. The molecule has 0 bridgehead atoms.